The van der Waals surface area contributed by atoms with Gasteiger partial charge in [0, 0.05) is 22.9 Å². The molecular weight excluding hydrogens is 394 g/mol. The highest BCUT2D eigenvalue weighted by Gasteiger charge is 2.18. The first-order valence-electron chi connectivity index (χ1n) is 6.77. The number of hydrogen-bond acceptors (Lipinski definition) is 1. The Morgan fingerprint density at radius 3 is 2.48 bits per heavy atom. The van der Waals surface area contributed by atoms with E-state index in [0.717, 1.165) is 20.9 Å². The summed E-state index contributed by atoms with van der Waals surface area (Å²) in [5.74, 6) is 0.0499. The molecule has 2 rings (SSSR count). The third-order valence-corrected chi connectivity index (χ3v) is 4.69. The highest BCUT2D eigenvalue weighted by molar-refractivity contribution is 9.10. The van der Waals surface area contributed by atoms with E-state index in [1.807, 2.05) is 60.4 Å². The zero-order chi connectivity index (χ0) is 15.2. The molecule has 0 spiro atoms. The number of halogens is 2. The average Bonchev–Trinajstić information content (AvgIpc) is 2.50. The van der Waals surface area contributed by atoms with Gasteiger partial charge in [0.2, 0.25) is 0 Å². The Kier molecular flexibility index (Phi) is 6.00. The summed E-state index contributed by atoms with van der Waals surface area (Å²) >= 11 is 6.96. The summed E-state index contributed by atoms with van der Waals surface area (Å²) in [5, 5.41) is 0.759. The SMILES string of the molecule is Cc1cccc(C(=O)N(CCBr)Cc2ccccc2)c1Br. The van der Waals surface area contributed by atoms with Crippen molar-refractivity contribution in [2.45, 2.75) is 13.5 Å². The third-order valence-electron chi connectivity index (χ3n) is 3.28. The number of rotatable bonds is 5. The normalized spacial score (nSPS) is 10.4. The number of hydrogen-bond donors (Lipinski definition) is 0. The van der Waals surface area contributed by atoms with Crippen LogP contribution in [-0.2, 0) is 6.54 Å². The van der Waals surface area contributed by atoms with Crippen molar-refractivity contribution in [3.8, 4) is 0 Å². The Morgan fingerprint density at radius 2 is 1.81 bits per heavy atom. The molecule has 0 saturated carbocycles. The number of aryl methyl sites for hydroxylation is 1. The molecule has 0 heterocycles. The van der Waals surface area contributed by atoms with Crippen LogP contribution in [-0.4, -0.2) is 22.7 Å². The van der Waals surface area contributed by atoms with Gasteiger partial charge in [0.05, 0.1) is 5.56 Å². The first-order chi connectivity index (χ1) is 10.1. The highest BCUT2D eigenvalue weighted by Crippen LogP contribution is 2.23. The van der Waals surface area contributed by atoms with Crippen molar-refractivity contribution in [1.82, 2.24) is 4.90 Å². The Balaban J connectivity index is 2.25. The molecule has 21 heavy (non-hydrogen) atoms. The largest absolute Gasteiger partial charge is 0.333 e. The number of nitrogens with zero attached hydrogens (tertiary/aromatic N) is 1. The second-order valence-corrected chi connectivity index (χ2v) is 6.42. The van der Waals surface area contributed by atoms with Gasteiger partial charge in [0.1, 0.15) is 0 Å². The Bertz CT molecular complexity index is 613. The Hall–Kier alpha value is -1.13. The molecule has 0 atom stereocenters. The maximum Gasteiger partial charge on any atom is 0.255 e. The van der Waals surface area contributed by atoms with Gasteiger partial charge >= 0.3 is 0 Å². The van der Waals surface area contributed by atoms with Gasteiger partial charge in [-0.25, -0.2) is 0 Å². The number of alkyl halides is 1. The van der Waals surface area contributed by atoms with Crippen molar-refractivity contribution in [2.24, 2.45) is 0 Å². The van der Waals surface area contributed by atoms with E-state index in [2.05, 4.69) is 31.9 Å². The molecule has 0 saturated heterocycles. The van der Waals surface area contributed by atoms with E-state index in [1.165, 1.54) is 0 Å². The van der Waals surface area contributed by atoms with Gasteiger partial charge in [-0.3, -0.25) is 4.79 Å². The lowest BCUT2D eigenvalue weighted by atomic mass is 10.1. The van der Waals surface area contributed by atoms with Crippen molar-refractivity contribution < 1.29 is 4.79 Å². The van der Waals surface area contributed by atoms with Gasteiger partial charge in [-0.1, -0.05) is 58.4 Å². The molecule has 0 radical (unpaired) electrons. The summed E-state index contributed by atoms with van der Waals surface area (Å²) in [5.41, 5.74) is 2.92. The van der Waals surface area contributed by atoms with Gasteiger partial charge in [-0.15, -0.1) is 0 Å². The molecule has 0 aromatic heterocycles. The molecule has 0 aliphatic carbocycles. The van der Waals surface area contributed by atoms with Crippen LogP contribution in [0.2, 0.25) is 0 Å². The number of benzene rings is 2. The first-order valence-corrected chi connectivity index (χ1v) is 8.69. The van der Waals surface area contributed by atoms with Crippen LogP contribution in [0.3, 0.4) is 0 Å². The summed E-state index contributed by atoms with van der Waals surface area (Å²) in [4.78, 5) is 14.7. The van der Waals surface area contributed by atoms with E-state index in [4.69, 9.17) is 0 Å². The minimum Gasteiger partial charge on any atom is -0.333 e. The van der Waals surface area contributed by atoms with Crippen LogP contribution in [0.5, 0.6) is 0 Å². The standard InChI is InChI=1S/C17H17Br2NO/c1-13-6-5-9-15(16(13)19)17(21)20(11-10-18)12-14-7-3-2-4-8-14/h2-9H,10-12H2,1H3. The molecule has 0 fully saturated rings. The monoisotopic (exact) mass is 409 g/mol. The minimum absolute atomic E-state index is 0.0499. The molecular formula is C17H17Br2NO. The molecule has 2 aromatic rings. The summed E-state index contributed by atoms with van der Waals surface area (Å²) < 4.78 is 0.877. The van der Waals surface area contributed by atoms with E-state index in [0.29, 0.717) is 18.7 Å². The second kappa shape index (κ2) is 7.76. The summed E-state index contributed by atoms with van der Waals surface area (Å²) in [7, 11) is 0. The number of carbonyl (C=O) groups is 1. The van der Waals surface area contributed by atoms with Crippen molar-refractivity contribution >= 4 is 37.8 Å². The van der Waals surface area contributed by atoms with Crippen LogP contribution in [0.25, 0.3) is 0 Å². The van der Waals surface area contributed by atoms with E-state index in [1.54, 1.807) is 0 Å². The maximum absolute atomic E-state index is 12.8. The molecule has 0 aliphatic rings. The maximum atomic E-state index is 12.8. The van der Waals surface area contributed by atoms with Gasteiger partial charge in [-0.05, 0) is 40.0 Å². The lowest BCUT2D eigenvalue weighted by Crippen LogP contribution is -2.32. The van der Waals surface area contributed by atoms with E-state index < -0.39 is 0 Å². The van der Waals surface area contributed by atoms with Crippen molar-refractivity contribution in [1.29, 1.82) is 0 Å². The Labute approximate surface area is 142 Å². The van der Waals surface area contributed by atoms with Crippen molar-refractivity contribution in [2.75, 3.05) is 11.9 Å². The average molecular weight is 411 g/mol. The van der Waals surface area contributed by atoms with E-state index in [-0.39, 0.29) is 5.91 Å². The van der Waals surface area contributed by atoms with Crippen LogP contribution < -0.4 is 0 Å². The quantitative estimate of drug-likeness (QED) is 0.648. The predicted molar refractivity (Wildman–Crippen MR) is 93.9 cm³/mol. The lowest BCUT2D eigenvalue weighted by molar-refractivity contribution is 0.0753. The molecule has 0 bridgehead atoms. The van der Waals surface area contributed by atoms with Crippen LogP contribution in [0.15, 0.2) is 53.0 Å². The molecule has 2 nitrogen and oxygen atoms in total. The smallest absolute Gasteiger partial charge is 0.255 e. The van der Waals surface area contributed by atoms with Gasteiger partial charge in [0.25, 0.3) is 5.91 Å². The van der Waals surface area contributed by atoms with Crippen molar-refractivity contribution in [3.63, 3.8) is 0 Å². The van der Waals surface area contributed by atoms with Crippen LogP contribution in [0.1, 0.15) is 21.5 Å². The molecule has 1 amide bonds. The van der Waals surface area contributed by atoms with Crippen molar-refractivity contribution in [3.05, 3.63) is 69.7 Å². The first kappa shape index (κ1) is 16.2. The predicted octanol–water partition coefficient (Wildman–Crippen LogP) is 4.79. The van der Waals surface area contributed by atoms with E-state index in [9.17, 15) is 4.79 Å². The van der Waals surface area contributed by atoms with Gasteiger partial charge in [0.15, 0.2) is 0 Å². The lowest BCUT2D eigenvalue weighted by Gasteiger charge is -2.23. The molecule has 0 N–H and O–H groups in total. The molecule has 4 heteroatoms. The highest BCUT2D eigenvalue weighted by atomic mass is 79.9. The zero-order valence-electron chi connectivity index (χ0n) is 11.9. The summed E-state index contributed by atoms with van der Waals surface area (Å²) in [6.45, 7) is 3.28. The summed E-state index contributed by atoms with van der Waals surface area (Å²) in [6.07, 6.45) is 0. The fourth-order valence-electron chi connectivity index (χ4n) is 2.14. The number of carbonyl (C=O) groups excluding carboxylic acids is 1. The van der Waals surface area contributed by atoms with Gasteiger partial charge < -0.3 is 4.90 Å². The minimum atomic E-state index is 0.0499. The van der Waals surface area contributed by atoms with E-state index >= 15 is 0 Å². The Morgan fingerprint density at radius 1 is 1.10 bits per heavy atom. The fraction of sp³-hybridized carbons (Fsp3) is 0.235. The fourth-order valence-corrected chi connectivity index (χ4v) is 3.00. The second-order valence-electron chi connectivity index (χ2n) is 4.84. The summed E-state index contributed by atoms with van der Waals surface area (Å²) in [6, 6.07) is 15.8. The number of amides is 1. The van der Waals surface area contributed by atoms with Gasteiger partial charge in [-0.2, -0.15) is 0 Å². The van der Waals surface area contributed by atoms with Crippen LogP contribution in [0.4, 0.5) is 0 Å². The van der Waals surface area contributed by atoms with Crippen LogP contribution in [0, 0.1) is 6.92 Å². The zero-order valence-corrected chi connectivity index (χ0v) is 15.0. The topological polar surface area (TPSA) is 20.3 Å². The van der Waals surface area contributed by atoms with Crippen LogP contribution >= 0.6 is 31.9 Å². The molecule has 110 valence electrons. The molecule has 2 aromatic carbocycles. The molecule has 0 aliphatic heterocycles. The third kappa shape index (κ3) is 4.17. The molecule has 0 unspecified atom stereocenters.